The van der Waals surface area contributed by atoms with Gasteiger partial charge in [0, 0.05) is 12.0 Å². The van der Waals surface area contributed by atoms with Crippen LogP contribution in [0.5, 0.6) is 0 Å². The fourth-order valence-corrected chi connectivity index (χ4v) is 5.12. The lowest BCUT2D eigenvalue weighted by Crippen LogP contribution is -2.66. The Kier molecular flexibility index (Phi) is 8.59. The number of aliphatic hydroxyl groups excluding tert-OH is 3. The topological polar surface area (TPSA) is 102 Å². The van der Waals surface area contributed by atoms with Gasteiger partial charge in [0.1, 0.15) is 29.9 Å². The second-order valence-corrected chi connectivity index (χ2v) is 9.97. The number of likely N-dealkylation sites (tertiary alicyclic amines) is 1. The predicted octanol–water partition coefficient (Wildman–Crippen LogP) is 0.974. The fraction of sp³-hybridized carbons (Fsp3) is 0.857. The summed E-state index contributed by atoms with van der Waals surface area (Å²) in [6, 6.07) is -0.847. The molecule has 0 aromatic carbocycles. The number of hydrogen-bond acceptors (Lipinski definition) is 7. The summed E-state index contributed by atoms with van der Waals surface area (Å²) in [7, 11) is 1.96. The van der Waals surface area contributed by atoms with Gasteiger partial charge >= 0.3 is 0 Å². The van der Waals surface area contributed by atoms with Gasteiger partial charge in [0.05, 0.1) is 12.1 Å². The molecule has 0 aromatic rings. The van der Waals surface area contributed by atoms with Gasteiger partial charge in [-0.3, -0.25) is 9.69 Å². The first-order valence-electron chi connectivity index (χ1n) is 10.4. The Morgan fingerprint density at radius 3 is 2.55 bits per heavy atom. The molecule has 1 amide bonds. The van der Waals surface area contributed by atoms with Crippen molar-refractivity contribution in [2.24, 2.45) is 11.3 Å². The van der Waals surface area contributed by atoms with Crippen LogP contribution in [0.15, 0.2) is 12.7 Å². The summed E-state index contributed by atoms with van der Waals surface area (Å²) >= 11 is 1.26. The van der Waals surface area contributed by atoms with E-state index in [1.165, 1.54) is 11.8 Å². The van der Waals surface area contributed by atoms with Crippen LogP contribution in [0.2, 0.25) is 0 Å². The van der Waals surface area contributed by atoms with E-state index in [4.69, 9.17) is 4.74 Å². The standard InChI is InChI=1S/C21H38N2O5S/c1-7-9-12-10-13(23(5)11-12)19(27)22-18(21(3,4)8-2)17-15(25)14(24)16(26)20(28-17)29-6/h8,12-18,20,24-26H,2,7,9-11H2,1,3-6H3,(H,22,27)/t12-,13+,14?,15?,16-,17+,18+,20?/m1/s1. The molecule has 29 heavy (non-hydrogen) atoms. The van der Waals surface area contributed by atoms with Gasteiger partial charge in [-0.1, -0.05) is 33.3 Å². The summed E-state index contributed by atoms with van der Waals surface area (Å²) in [5, 5.41) is 34.3. The van der Waals surface area contributed by atoms with Crippen molar-refractivity contribution >= 4 is 17.7 Å². The van der Waals surface area contributed by atoms with Crippen LogP contribution in [0.25, 0.3) is 0 Å². The zero-order valence-corrected chi connectivity index (χ0v) is 19.1. The Hall–Kier alpha value is -0.640. The van der Waals surface area contributed by atoms with Crippen LogP contribution < -0.4 is 5.32 Å². The van der Waals surface area contributed by atoms with Crippen LogP contribution in [0, 0.1) is 11.3 Å². The van der Waals surface area contributed by atoms with E-state index in [-0.39, 0.29) is 11.9 Å². The molecule has 0 spiro atoms. The molecule has 2 saturated heterocycles. The molecule has 0 saturated carbocycles. The molecule has 0 radical (unpaired) electrons. The molecule has 8 atom stereocenters. The minimum Gasteiger partial charge on any atom is -0.388 e. The van der Waals surface area contributed by atoms with Gasteiger partial charge in [-0.2, -0.15) is 0 Å². The molecule has 8 heteroatoms. The molecule has 2 aliphatic heterocycles. The molecule has 2 fully saturated rings. The highest BCUT2D eigenvalue weighted by molar-refractivity contribution is 7.99. The van der Waals surface area contributed by atoms with E-state index >= 15 is 0 Å². The number of rotatable bonds is 8. The molecular weight excluding hydrogens is 392 g/mol. The number of carbonyl (C=O) groups is 1. The zero-order chi connectivity index (χ0) is 21.9. The lowest BCUT2D eigenvalue weighted by Gasteiger charge is -2.47. The van der Waals surface area contributed by atoms with E-state index in [2.05, 4.69) is 23.7 Å². The fourth-order valence-electron chi connectivity index (χ4n) is 4.44. The highest BCUT2D eigenvalue weighted by atomic mass is 32.2. The number of aliphatic hydroxyl groups is 3. The third-order valence-corrected chi connectivity index (χ3v) is 7.28. The second kappa shape index (κ2) is 10.1. The summed E-state index contributed by atoms with van der Waals surface area (Å²) < 4.78 is 5.96. The molecule has 3 unspecified atom stereocenters. The normalized spacial score (nSPS) is 37.3. The summed E-state index contributed by atoms with van der Waals surface area (Å²) in [4.78, 5) is 15.3. The maximum atomic E-state index is 13.2. The van der Waals surface area contributed by atoms with Crippen molar-refractivity contribution in [2.75, 3.05) is 19.8 Å². The molecule has 0 bridgehead atoms. The first-order valence-corrected chi connectivity index (χ1v) is 11.7. The van der Waals surface area contributed by atoms with Crippen LogP contribution in [0.1, 0.15) is 40.0 Å². The van der Waals surface area contributed by atoms with Crippen molar-refractivity contribution in [1.29, 1.82) is 0 Å². The summed E-state index contributed by atoms with van der Waals surface area (Å²) in [6.45, 7) is 10.7. The molecule has 0 aliphatic carbocycles. The zero-order valence-electron chi connectivity index (χ0n) is 18.2. The van der Waals surface area contributed by atoms with Crippen molar-refractivity contribution in [3.63, 3.8) is 0 Å². The molecule has 2 heterocycles. The highest BCUT2D eigenvalue weighted by Gasteiger charge is 2.50. The van der Waals surface area contributed by atoms with E-state index in [0.29, 0.717) is 5.92 Å². The van der Waals surface area contributed by atoms with Gasteiger partial charge < -0.3 is 25.4 Å². The van der Waals surface area contributed by atoms with E-state index in [9.17, 15) is 20.1 Å². The van der Waals surface area contributed by atoms with Crippen LogP contribution in [0.3, 0.4) is 0 Å². The summed E-state index contributed by atoms with van der Waals surface area (Å²) in [5.74, 6) is 0.393. The largest absolute Gasteiger partial charge is 0.388 e. The maximum Gasteiger partial charge on any atom is 0.237 e. The van der Waals surface area contributed by atoms with Crippen LogP contribution >= 0.6 is 11.8 Å². The first-order chi connectivity index (χ1) is 13.6. The Morgan fingerprint density at radius 2 is 2.00 bits per heavy atom. The molecular formula is C21H38N2O5S. The number of ether oxygens (including phenoxy) is 1. The Bertz CT molecular complexity index is 573. The molecule has 2 rings (SSSR count). The molecule has 2 aliphatic rings. The van der Waals surface area contributed by atoms with Crippen LogP contribution in [0.4, 0.5) is 0 Å². The number of nitrogens with one attached hydrogen (secondary N) is 1. The summed E-state index contributed by atoms with van der Waals surface area (Å²) in [5.41, 5.74) is -1.30. The number of likely N-dealkylation sites (N-methyl/N-ethyl adjacent to an activating group) is 1. The average Bonchev–Trinajstić information content (AvgIpc) is 3.05. The minimum absolute atomic E-state index is 0.108. The number of thioether (sulfide) groups is 1. The molecule has 168 valence electrons. The minimum atomic E-state index is -1.35. The van der Waals surface area contributed by atoms with Gasteiger partial charge in [-0.05, 0) is 32.1 Å². The number of carbonyl (C=O) groups excluding carboxylic acids is 1. The Labute approximate surface area is 178 Å². The smallest absolute Gasteiger partial charge is 0.237 e. The van der Waals surface area contributed by atoms with Crippen molar-refractivity contribution < 1.29 is 24.9 Å². The van der Waals surface area contributed by atoms with E-state index < -0.39 is 41.3 Å². The Morgan fingerprint density at radius 1 is 1.34 bits per heavy atom. The average molecular weight is 431 g/mol. The number of nitrogens with zero attached hydrogens (tertiary/aromatic N) is 1. The van der Waals surface area contributed by atoms with Gasteiger partial charge in [0.15, 0.2) is 0 Å². The van der Waals surface area contributed by atoms with Crippen molar-refractivity contribution in [1.82, 2.24) is 10.2 Å². The second-order valence-electron chi connectivity index (χ2n) is 9.03. The van der Waals surface area contributed by atoms with E-state index in [1.807, 2.05) is 20.9 Å². The van der Waals surface area contributed by atoms with Crippen molar-refractivity contribution in [3.8, 4) is 0 Å². The monoisotopic (exact) mass is 430 g/mol. The van der Waals surface area contributed by atoms with Gasteiger partial charge in [0.2, 0.25) is 5.91 Å². The first kappa shape index (κ1) is 24.6. The van der Waals surface area contributed by atoms with Crippen molar-refractivity contribution in [3.05, 3.63) is 12.7 Å². The van der Waals surface area contributed by atoms with E-state index in [0.717, 1.165) is 25.8 Å². The van der Waals surface area contributed by atoms with E-state index in [1.54, 1.807) is 12.3 Å². The lowest BCUT2D eigenvalue weighted by molar-refractivity contribution is -0.210. The molecule has 0 aromatic heterocycles. The lowest BCUT2D eigenvalue weighted by atomic mass is 9.77. The third kappa shape index (κ3) is 5.35. The Balaban J connectivity index is 2.23. The predicted molar refractivity (Wildman–Crippen MR) is 116 cm³/mol. The van der Waals surface area contributed by atoms with Crippen LogP contribution in [-0.4, -0.2) is 87.9 Å². The van der Waals surface area contributed by atoms with Crippen LogP contribution in [-0.2, 0) is 9.53 Å². The summed E-state index contributed by atoms with van der Waals surface area (Å²) in [6.07, 6.45) is 1.73. The maximum absolute atomic E-state index is 13.2. The number of hydrogen-bond donors (Lipinski definition) is 4. The molecule has 4 N–H and O–H groups in total. The number of amides is 1. The SMILES string of the molecule is C=CC(C)(C)[C@@H](NC(=O)[C@@H]1C[C@@H](CCC)CN1C)[C@H]1OC(SC)[C@H](O)C(O)C1O. The van der Waals surface area contributed by atoms with Gasteiger partial charge in [-0.15, -0.1) is 18.3 Å². The van der Waals surface area contributed by atoms with Gasteiger partial charge in [0.25, 0.3) is 0 Å². The quantitative estimate of drug-likeness (QED) is 0.426. The van der Waals surface area contributed by atoms with Gasteiger partial charge in [-0.25, -0.2) is 0 Å². The molecule has 7 nitrogen and oxygen atoms in total. The van der Waals surface area contributed by atoms with Crippen molar-refractivity contribution in [2.45, 2.75) is 82.0 Å². The third-order valence-electron chi connectivity index (χ3n) is 6.43. The highest BCUT2D eigenvalue weighted by Crippen LogP contribution is 2.35.